The number of nitrogens with one attached hydrogen (secondary N) is 2. The quantitative estimate of drug-likeness (QED) is 0.728. The minimum absolute atomic E-state index is 0.0289. The molecule has 0 aliphatic carbocycles. The Kier molecular flexibility index (Phi) is 5.18. The maximum Gasteiger partial charge on any atom is 0.254 e. The number of aromatic amines is 1. The summed E-state index contributed by atoms with van der Waals surface area (Å²) >= 11 is 6.15. The number of H-pyrrole nitrogens is 1. The van der Waals surface area contributed by atoms with Crippen LogP contribution in [-0.2, 0) is 6.42 Å². The van der Waals surface area contributed by atoms with E-state index >= 15 is 0 Å². The monoisotopic (exact) mass is 381 g/mol. The molecule has 1 aromatic heterocycles. The van der Waals surface area contributed by atoms with Gasteiger partial charge in [-0.25, -0.2) is 4.98 Å². The fourth-order valence-corrected chi connectivity index (χ4v) is 3.60. The van der Waals surface area contributed by atoms with Crippen molar-refractivity contribution in [2.75, 3.05) is 19.6 Å². The van der Waals surface area contributed by atoms with Crippen LogP contribution in [0.1, 0.15) is 33.4 Å². The van der Waals surface area contributed by atoms with Gasteiger partial charge in [0.15, 0.2) is 0 Å². The lowest BCUT2D eigenvalue weighted by atomic mass is 10.0. The van der Waals surface area contributed by atoms with Crippen LogP contribution in [0.15, 0.2) is 54.9 Å². The van der Waals surface area contributed by atoms with Gasteiger partial charge in [0, 0.05) is 36.6 Å². The van der Waals surface area contributed by atoms with Gasteiger partial charge in [0.25, 0.3) is 5.91 Å². The van der Waals surface area contributed by atoms with Gasteiger partial charge in [0.05, 0.1) is 6.04 Å². The number of benzene rings is 2. The number of nitrogens with zero attached hydrogens (tertiary/aromatic N) is 3. The highest BCUT2D eigenvalue weighted by atomic mass is 35.5. The Labute approximate surface area is 162 Å². The summed E-state index contributed by atoms with van der Waals surface area (Å²) in [6, 6.07) is 15.4. The van der Waals surface area contributed by atoms with Crippen molar-refractivity contribution in [2.24, 2.45) is 0 Å². The zero-order valence-electron chi connectivity index (χ0n) is 14.7. The van der Waals surface area contributed by atoms with E-state index in [0.29, 0.717) is 23.6 Å². The summed E-state index contributed by atoms with van der Waals surface area (Å²) in [5.74, 6) is 0.838. The van der Waals surface area contributed by atoms with Gasteiger partial charge in [-0.1, -0.05) is 35.9 Å². The van der Waals surface area contributed by atoms with Crippen LogP contribution < -0.4 is 5.32 Å². The Morgan fingerprint density at radius 2 is 2.07 bits per heavy atom. The molecule has 7 heteroatoms. The average molecular weight is 382 g/mol. The summed E-state index contributed by atoms with van der Waals surface area (Å²) < 4.78 is 0. The molecule has 4 rings (SSSR count). The molecule has 2 aromatic carbocycles. The fourth-order valence-electron chi connectivity index (χ4n) is 3.40. The second kappa shape index (κ2) is 7.90. The number of halogens is 1. The Balaban J connectivity index is 1.53. The number of piperazine rings is 1. The van der Waals surface area contributed by atoms with Gasteiger partial charge in [0.1, 0.15) is 12.2 Å². The van der Waals surface area contributed by atoms with E-state index in [1.54, 1.807) is 0 Å². The van der Waals surface area contributed by atoms with Crippen molar-refractivity contribution < 1.29 is 4.79 Å². The van der Waals surface area contributed by atoms with Crippen molar-refractivity contribution in [3.05, 3.63) is 82.4 Å². The molecule has 0 bridgehead atoms. The third kappa shape index (κ3) is 4.02. The average Bonchev–Trinajstić information content (AvgIpc) is 3.21. The smallest absolute Gasteiger partial charge is 0.254 e. The predicted molar refractivity (Wildman–Crippen MR) is 104 cm³/mol. The molecular formula is C20H20ClN5O. The Morgan fingerprint density at radius 3 is 2.81 bits per heavy atom. The highest BCUT2D eigenvalue weighted by Gasteiger charge is 2.28. The Hall–Kier alpha value is -2.70. The number of amides is 1. The van der Waals surface area contributed by atoms with Crippen LogP contribution in [0.4, 0.5) is 0 Å². The molecule has 1 saturated heterocycles. The number of carbonyl (C=O) groups is 1. The van der Waals surface area contributed by atoms with E-state index in [4.69, 9.17) is 11.6 Å². The molecule has 1 aliphatic rings. The molecule has 0 spiro atoms. The maximum absolute atomic E-state index is 13.1. The molecule has 2 heterocycles. The van der Waals surface area contributed by atoms with Crippen LogP contribution in [0.25, 0.3) is 0 Å². The van der Waals surface area contributed by atoms with Gasteiger partial charge < -0.3 is 10.2 Å². The molecule has 1 unspecified atom stereocenters. The first-order chi connectivity index (χ1) is 13.2. The fraction of sp³-hybridized carbons (Fsp3) is 0.250. The Bertz CT molecular complexity index is 910. The van der Waals surface area contributed by atoms with Crippen molar-refractivity contribution in [1.82, 2.24) is 25.4 Å². The summed E-state index contributed by atoms with van der Waals surface area (Å²) in [6.07, 6.45) is 2.15. The summed E-state index contributed by atoms with van der Waals surface area (Å²) in [6.45, 7) is 2.16. The summed E-state index contributed by atoms with van der Waals surface area (Å²) in [5.41, 5.74) is 2.81. The first kappa shape index (κ1) is 17.7. The molecule has 1 atom stereocenters. The van der Waals surface area contributed by atoms with E-state index < -0.39 is 0 Å². The third-order valence-electron chi connectivity index (χ3n) is 4.78. The van der Waals surface area contributed by atoms with E-state index in [1.165, 1.54) is 6.33 Å². The van der Waals surface area contributed by atoms with Gasteiger partial charge in [-0.15, -0.1) is 0 Å². The maximum atomic E-state index is 13.1. The second-order valence-corrected chi connectivity index (χ2v) is 7.02. The lowest BCUT2D eigenvalue weighted by Crippen LogP contribution is -2.48. The molecule has 27 heavy (non-hydrogen) atoms. The second-order valence-electron chi connectivity index (χ2n) is 6.58. The molecule has 6 nitrogen and oxygen atoms in total. The first-order valence-corrected chi connectivity index (χ1v) is 9.29. The number of rotatable bonds is 4. The normalized spacial score (nSPS) is 17.1. The zero-order valence-corrected chi connectivity index (χ0v) is 15.5. The van der Waals surface area contributed by atoms with Crippen molar-refractivity contribution in [3.63, 3.8) is 0 Å². The topological polar surface area (TPSA) is 73.9 Å². The lowest BCUT2D eigenvalue weighted by molar-refractivity contribution is 0.0634. The van der Waals surface area contributed by atoms with E-state index in [-0.39, 0.29) is 11.9 Å². The number of hydrogen-bond donors (Lipinski definition) is 2. The molecular weight excluding hydrogens is 362 g/mol. The van der Waals surface area contributed by atoms with Gasteiger partial charge in [0.2, 0.25) is 0 Å². The molecule has 138 valence electrons. The summed E-state index contributed by atoms with van der Waals surface area (Å²) in [4.78, 5) is 19.2. The van der Waals surface area contributed by atoms with E-state index in [1.807, 2.05) is 53.4 Å². The molecule has 2 N–H and O–H groups in total. The minimum Gasteiger partial charge on any atom is -0.329 e. The standard InChI is InChI=1S/C20H20ClN5O/c21-17-3-1-2-16(11-17)18-12-22-8-9-26(18)20(27)15-6-4-14(5-7-15)10-19-23-13-24-25-19/h1-7,11,13,18,22H,8-10,12H2,(H,23,24,25). The van der Waals surface area contributed by atoms with Crippen molar-refractivity contribution in [1.29, 1.82) is 0 Å². The van der Waals surface area contributed by atoms with E-state index in [2.05, 4.69) is 20.5 Å². The lowest BCUT2D eigenvalue weighted by Gasteiger charge is -2.36. The van der Waals surface area contributed by atoms with Crippen LogP contribution in [0.5, 0.6) is 0 Å². The largest absolute Gasteiger partial charge is 0.329 e. The van der Waals surface area contributed by atoms with E-state index in [0.717, 1.165) is 30.0 Å². The van der Waals surface area contributed by atoms with Crippen LogP contribution in [0.2, 0.25) is 5.02 Å². The summed E-state index contributed by atoms with van der Waals surface area (Å²) in [5, 5.41) is 10.8. The van der Waals surface area contributed by atoms with Crippen LogP contribution in [0, 0.1) is 0 Å². The van der Waals surface area contributed by atoms with Crippen LogP contribution in [0.3, 0.4) is 0 Å². The van der Waals surface area contributed by atoms with Gasteiger partial charge >= 0.3 is 0 Å². The number of aromatic nitrogens is 3. The molecule has 0 saturated carbocycles. The minimum atomic E-state index is -0.0289. The van der Waals surface area contributed by atoms with Crippen LogP contribution in [-0.4, -0.2) is 45.6 Å². The number of carbonyl (C=O) groups excluding carboxylic acids is 1. The van der Waals surface area contributed by atoms with Crippen molar-refractivity contribution in [3.8, 4) is 0 Å². The predicted octanol–water partition coefficient (Wildman–Crippen LogP) is 2.84. The molecule has 3 aromatic rings. The van der Waals surface area contributed by atoms with Crippen molar-refractivity contribution >= 4 is 17.5 Å². The number of hydrogen-bond acceptors (Lipinski definition) is 4. The SMILES string of the molecule is O=C(c1ccc(Cc2ncn[nH]2)cc1)N1CCNCC1c1cccc(Cl)c1. The molecule has 1 amide bonds. The van der Waals surface area contributed by atoms with Gasteiger partial charge in [-0.2, -0.15) is 5.10 Å². The van der Waals surface area contributed by atoms with E-state index in [9.17, 15) is 4.79 Å². The first-order valence-electron chi connectivity index (χ1n) is 8.91. The van der Waals surface area contributed by atoms with Crippen molar-refractivity contribution in [2.45, 2.75) is 12.5 Å². The molecule has 0 radical (unpaired) electrons. The third-order valence-corrected chi connectivity index (χ3v) is 5.01. The highest BCUT2D eigenvalue weighted by molar-refractivity contribution is 6.30. The molecule has 1 aliphatic heterocycles. The highest BCUT2D eigenvalue weighted by Crippen LogP contribution is 2.26. The van der Waals surface area contributed by atoms with Crippen LogP contribution >= 0.6 is 11.6 Å². The molecule has 1 fully saturated rings. The van der Waals surface area contributed by atoms with Gasteiger partial charge in [-0.3, -0.25) is 9.89 Å². The Morgan fingerprint density at radius 1 is 1.22 bits per heavy atom. The van der Waals surface area contributed by atoms with Gasteiger partial charge in [-0.05, 0) is 35.4 Å². The summed E-state index contributed by atoms with van der Waals surface area (Å²) in [7, 11) is 0. The zero-order chi connectivity index (χ0) is 18.6.